The fourth-order valence-electron chi connectivity index (χ4n) is 3.99. The first-order valence-corrected chi connectivity index (χ1v) is 9.97. The predicted molar refractivity (Wildman–Crippen MR) is 96.2 cm³/mol. The average molecular weight is 338 g/mol. The second-order valence-corrected chi connectivity index (χ2v) is 8.43. The largest absolute Gasteiger partial charge is 0.373 e. The molecule has 2 aliphatic rings. The number of ether oxygens (including phenoxy) is 1. The highest BCUT2D eigenvalue weighted by atomic mass is 32.1. The van der Waals surface area contributed by atoms with Crippen LogP contribution in [0.25, 0.3) is 0 Å². The van der Waals surface area contributed by atoms with Gasteiger partial charge < -0.3 is 9.64 Å². The fourth-order valence-corrected chi connectivity index (χ4v) is 4.63. The Hall–Kier alpha value is -0.490. The van der Waals surface area contributed by atoms with Gasteiger partial charge in [0.05, 0.1) is 22.9 Å². The minimum absolute atomic E-state index is 0.389. The number of thiazole rings is 1. The third kappa shape index (κ3) is 5.24. The molecule has 2 fully saturated rings. The zero-order valence-electron chi connectivity index (χ0n) is 14.8. The number of hydrogen-bond acceptors (Lipinski definition) is 5. The van der Waals surface area contributed by atoms with Crippen LogP contribution in [0.3, 0.4) is 0 Å². The van der Waals surface area contributed by atoms with E-state index in [0.717, 1.165) is 25.4 Å². The van der Waals surface area contributed by atoms with Gasteiger partial charge in [-0.05, 0) is 52.6 Å². The molecule has 3 heterocycles. The van der Waals surface area contributed by atoms with Gasteiger partial charge in [-0.2, -0.15) is 0 Å². The number of piperidine rings is 1. The lowest BCUT2D eigenvalue weighted by molar-refractivity contribution is -0.0731. The van der Waals surface area contributed by atoms with Gasteiger partial charge in [-0.3, -0.25) is 4.90 Å². The number of morpholine rings is 1. The highest BCUT2D eigenvalue weighted by Crippen LogP contribution is 2.21. The van der Waals surface area contributed by atoms with Crippen molar-refractivity contribution in [3.63, 3.8) is 0 Å². The Labute approximate surface area is 144 Å². The molecule has 130 valence electrons. The summed E-state index contributed by atoms with van der Waals surface area (Å²) in [5, 5.41) is 3.40. The van der Waals surface area contributed by atoms with E-state index in [1.807, 2.05) is 0 Å². The molecule has 1 aromatic rings. The molecule has 2 aliphatic heterocycles. The Kier molecular flexibility index (Phi) is 6.07. The SMILES string of the molecule is Cc1nc(CCN2CCC(CN3C[C@@H](C)O[C@@H](C)C3)CC2)cs1. The van der Waals surface area contributed by atoms with Crippen LogP contribution >= 0.6 is 11.3 Å². The Morgan fingerprint density at radius 3 is 2.48 bits per heavy atom. The summed E-state index contributed by atoms with van der Waals surface area (Å²) in [4.78, 5) is 9.82. The van der Waals surface area contributed by atoms with Crippen molar-refractivity contribution in [2.75, 3.05) is 39.3 Å². The highest BCUT2D eigenvalue weighted by Gasteiger charge is 2.26. The molecule has 4 nitrogen and oxygen atoms in total. The Morgan fingerprint density at radius 1 is 1.17 bits per heavy atom. The van der Waals surface area contributed by atoms with E-state index in [1.54, 1.807) is 11.3 Å². The van der Waals surface area contributed by atoms with Gasteiger partial charge in [0, 0.05) is 38.0 Å². The molecule has 0 radical (unpaired) electrons. The van der Waals surface area contributed by atoms with Crippen LogP contribution in [0.4, 0.5) is 0 Å². The van der Waals surface area contributed by atoms with E-state index in [9.17, 15) is 0 Å². The van der Waals surface area contributed by atoms with Gasteiger partial charge in [0.2, 0.25) is 0 Å². The third-order valence-corrected chi connectivity index (χ3v) is 5.89. The molecule has 1 aromatic heterocycles. The zero-order valence-corrected chi connectivity index (χ0v) is 15.6. The zero-order chi connectivity index (χ0) is 16.2. The third-order valence-electron chi connectivity index (χ3n) is 5.07. The molecule has 0 amide bonds. The van der Waals surface area contributed by atoms with Gasteiger partial charge >= 0.3 is 0 Å². The number of nitrogens with zero attached hydrogens (tertiary/aromatic N) is 3. The van der Waals surface area contributed by atoms with Crippen molar-refractivity contribution in [2.45, 2.75) is 52.2 Å². The molecule has 5 heteroatoms. The van der Waals surface area contributed by atoms with Crippen molar-refractivity contribution >= 4 is 11.3 Å². The Bertz CT molecular complexity index is 474. The fraction of sp³-hybridized carbons (Fsp3) is 0.833. The summed E-state index contributed by atoms with van der Waals surface area (Å²) in [6.07, 6.45) is 4.57. The van der Waals surface area contributed by atoms with Crippen LogP contribution in [-0.4, -0.2) is 66.3 Å². The van der Waals surface area contributed by atoms with Crippen LogP contribution < -0.4 is 0 Å². The molecule has 0 aromatic carbocycles. The van der Waals surface area contributed by atoms with Crippen LogP contribution in [-0.2, 0) is 11.2 Å². The summed E-state index contributed by atoms with van der Waals surface area (Å²) in [6.45, 7) is 13.6. The molecule has 0 saturated carbocycles. The molecule has 3 rings (SSSR count). The van der Waals surface area contributed by atoms with Crippen molar-refractivity contribution in [3.05, 3.63) is 16.1 Å². The second kappa shape index (κ2) is 8.06. The van der Waals surface area contributed by atoms with Gasteiger partial charge in [0.1, 0.15) is 0 Å². The van der Waals surface area contributed by atoms with Crippen LogP contribution in [0.1, 0.15) is 37.4 Å². The van der Waals surface area contributed by atoms with E-state index in [-0.39, 0.29) is 0 Å². The van der Waals surface area contributed by atoms with Crippen LogP contribution in [0, 0.1) is 12.8 Å². The number of aromatic nitrogens is 1. The van der Waals surface area contributed by atoms with E-state index in [0.29, 0.717) is 12.2 Å². The van der Waals surface area contributed by atoms with E-state index in [2.05, 4.69) is 40.9 Å². The lowest BCUT2D eigenvalue weighted by Crippen LogP contribution is -2.48. The van der Waals surface area contributed by atoms with E-state index >= 15 is 0 Å². The minimum atomic E-state index is 0.389. The molecular formula is C18H31N3OS. The molecule has 2 atom stereocenters. The number of hydrogen-bond donors (Lipinski definition) is 0. The molecular weight excluding hydrogens is 306 g/mol. The summed E-state index contributed by atoms with van der Waals surface area (Å²) >= 11 is 1.77. The standard InChI is InChI=1S/C18H31N3OS/c1-14-10-21(11-15(2)22-14)12-17-4-7-20(8-5-17)9-6-18-13-23-16(3)19-18/h13-15,17H,4-12H2,1-3H3/t14-,15+. The van der Waals surface area contributed by atoms with Crippen molar-refractivity contribution in [3.8, 4) is 0 Å². The monoisotopic (exact) mass is 337 g/mol. The van der Waals surface area contributed by atoms with Crippen molar-refractivity contribution in [1.82, 2.24) is 14.8 Å². The molecule has 23 heavy (non-hydrogen) atoms. The maximum Gasteiger partial charge on any atom is 0.0897 e. The first-order valence-electron chi connectivity index (χ1n) is 9.09. The van der Waals surface area contributed by atoms with Gasteiger partial charge in [-0.1, -0.05) is 0 Å². The summed E-state index contributed by atoms with van der Waals surface area (Å²) < 4.78 is 5.84. The van der Waals surface area contributed by atoms with E-state index < -0.39 is 0 Å². The van der Waals surface area contributed by atoms with E-state index in [1.165, 1.54) is 49.7 Å². The van der Waals surface area contributed by atoms with Gasteiger partial charge in [-0.15, -0.1) is 11.3 Å². The molecule has 2 saturated heterocycles. The quantitative estimate of drug-likeness (QED) is 0.826. The number of rotatable bonds is 5. The summed E-state index contributed by atoms with van der Waals surface area (Å²) in [7, 11) is 0. The Morgan fingerprint density at radius 2 is 1.87 bits per heavy atom. The smallest absolute Gasteiger partial charge is 0.0897 e. The van der Waals surface area contributed by atoms with E-state index in [4.69, 9.17) is 4.74 Å². The van der Waals surface area contributed by atoms with Crippen molar-refractivity contribution in [2.24, 2.45) is 5.92 Å². The molecule has 0 N–H and O–H groups in total. The molecule has 0 unspecified atom stereocenters. The van der Waals surface area contributed by atoms with Gasteiger partial charge in [-0.25, -0.2) is 4.98 Å². The second-order valence-electron chi connectivity index (χ2n) is 7.37. The molecule has 0 aliphatic carbocycles. The van der Waals surface area contributed by atoms with Gasteiger partial charge in [0.25, 0.3) is 0 Å². The average Bonchev–Trinajstić information content (AvgIpc) is 2.91. The summed E-state index contributed by atoms with van der Waals surface area (Å²) in [6, 6.07) is 0. The van der Waals surface area contributed by atoms with Crippen molar-refractivity contribution < 1.29 is 4.74 Å². The highest BCUT2D eigenvalue weighted by molar-refractivity contribution is 7.09. The van der Waals surface area contributed by atoms with Gasteiger partial charge in [0.15, 0.2) is 0 Å². The van der Waals surface area contributed by atoms with Crippen molar-refractivity contribution in [1.29, 1.82) is 0 Å². The lowest BCUT2D eigenvalue weighted by Gasteiger charge is -2.39. The topological polar surface area (TPSA) is 28.6 Å². The first kappa shape index (κ1) is 17.3. The Balaban J connectivity index is 1.36. The normalized spacial score (nSPS) is 28.3. The summed E-state index contributed by atoms with van der Waals surface area (Å²) in [5.41, 5.74) is 1.27. The van der Waals surface area contributed by atoms with Crippen LogP contribution in [0.5, 0.6) is 0 Å². The maximum absolute atomic E-state index is 5.84. The lowest BCUT2D eigenvalue weighted by atomic mass is 9.95. The first-order chi connectivity index (χ1) is 11.1. The minimum Gasteiger partial charge on any atom is -0.373 e. The maximum atomic E-state index is 5.84. The van der Waals surface area contributed by atoms with Crippen LogP contribution in [0.2, 0.25) is 0 Å². The molecule has 0 bridgehead atoms. The predicted octanol–water partition coefficient (Wildman–Crippen LogP) is 2.82. The number of likely N-dealkylation sites (tertiary alicyclic amines) is 1. The van der Waals surface area contributed by atoms with Crippen LogP contribution in [0.15, 0.2) is 5.38 Å². The number of aryl methyl sites for hydroxylation is 1. The summed E-state index contributed by atoms with van der Waals surface area (Å²) in [5.74, 6) is 0.866. The molecule has 0 spiro atoms.